The monoisotopic (exact) mass is 267 g/mol. The molecule has 3 heteroatoms. The fourth-order valence-electron chi connectivity index (χ4n) is 1.84. The molecule has 2 aromatic rings. The van der Waals surface area contributed by atoms with Gasteiger partial charge in [0.1, 0.15) is 6.61 Å². The van der Waals surface area contributed by atoms with Crippen molar-refractivity contribution in [2.75, 3.05) is 12.4 Å². The molecule has 0 unspecified atom stereocenters. The summed E-state index contributed by atoms with van der Waals surface area (Å²) in [6.45, 7) is 3.63. The Morgan fingerprint density at radius 1 is 1.10 bits per heavy atom. The van der Waals surface area contributed by atoms with Crippen molar-refractivity contribution in [1.82, 2.24) is 0 Å². The smallest absolute Gasteiger partial charge is 0.330 e. The van der Waals surface area contributed by atoms with Crippen LogP contribution >= 0.6 is 0 Å². The van der Waals surface area contributed by atoms with Crippen LogP contribution in [0, 0.1) is 0 Å². The first-order valence-corrected chi connectivity index (χ1v) is 6.39. The molecule has 1 N–H and O–H groups in total. The van der Waals surface area contributed by atoms with E-state index in [9.17, 15) is 4.79 Å². The lowest BCUT2D eigenvalue weighted by atomic mass is 10.0. The zero-order valence-electron chi connectivity index (χ0n) is 11.4. The first-order chi connectivity index (χ1) is 9.72. The van der Waals surface area contributed by atoms with Crippen molar-refractivity contribution in [3.8, 4) is 11.1 Å². The maximum atomic E-state index is 11.0. The third-order valence-electron chi connectivity index (χ3n) is 3.01. The Hall–Kier alpha value is -2.55. The van der Waals surface area contributed by atoms with Crippen molar-refractivity contribution in [3.05, 3.63) is 66.7 Å². The predicted octanol–water partition coefficient (Wildman–Crippen LogP) is 3.62. The predicted molar refractivity (Wildman–Crippen MR) is 81.4 cm³/mol. The number of hydrogen-bond donors (Lipinski definition) is 1. The second-order valence-electron chi connectivity index (χ2n) is 4.34. The van der Waals surface area contributed by atoms with Gasteiger partial charge in [-0.15, -0.1) is 0 Å². The third-order valence-corrected chi connectivity index (χ3v) is 3.01. The standard InChI is InChI=1S/C17H17NO2/c1-3-17(19)20-12-13-4-6-14(7-5-13)15-8-10-16(18-2)11-9-15/h3-11,18H,1,12H2,2H3. The van der Waals surface area contributed by atoms with Crippen LogP contribution in [0.2, 0.25) is 0 Å². The molecule has 3 nitrogen and oxygen atoms in total. The van der Waals surface area contributed by atoms with Gasteiger partial charge in [-0.3, -0.25) is 0 Å². The lowest BCUT2D eigenvalue weighted by Gasteiger charge is -2.06. The van der Waals surface area contributed by atoms with E-state index in [2.05, 4.69) is 24.0 Å². The number of benzene rings is 2. The van der Waals surface area contributed by atoms with E-state index < -0.39 is 5.97 Å². The van der Waals surface area contributed by atoms with E-state index in [1.807, 2.05) is 43.4 Å². The number of ether oxygens (including phenoxy) is 1. The Labute approximate surface area is 118 Å². The highest BCUT2D eigenvalue weighted by molar-refractivity contribution is 5.81. The summed E-state index contributed by atoms with van der Waals surface area (Å²) in [7, 11) is 1.90. The molecule has 0 spiro atoms. The average molecular weight is 267 g/mol. The molecule has 0 atom stereocenters. The van der Waals surface area contributed by atoms with E-state index in [0.29, 0.717) is 0 Å². The fraction of sp³-hybridized carbons (Fsp3) is 0.118. The maximum absolute atomic E-state index is 11.0. The zero-order valence-corrected chi connectivity index (χ0v) is 11.4. The minimum Gasteiger partial charge on any atom is -0.458 e. The van der Waals surface area contributed by atoms with Gasteiger partial charge in [-0.1, -0.05) is 43.0 Å². The molecule has 0 aliphatic carbocycles. The summed E-state index contributed by atoms with van der Waals surface area (Å²) < 4.78 is 4.99. The summed E-state index contributed by atoms with van der Waals surface area (Å²) in [5.74, 6) is -0.406. The van der Waals surface area contributed by atoms with Crippen LogP contribution in [0.4, 0.5) is 5.69 Å². The van der Waals surface area contributed by atoms with Gasteiger partial charge in [0.2, 0.25) is 0 Å². The molecule has 0 saturated carbocycles. The minimum absolute atomic E-state index is 0.268. The quantitative estimate of drug-likeness (QED) is 0.664. The average Bonchev–Trinajstić information content (AvgIpc) is 2.53. The van der Waals surface area contributed by atoms with Gasteiger partial charge in [0.25, 0.3) is 0 Å². The summed E-state index contributed by atoms with van der Waals surface area (Å²) in [6.07, 6.45) is 1.16. The molecule has 0 radical (unpaired) electrons. The molecule has 0 heterocycles. The summed E-state index contributed by atoms with van der Waals surface area (Å²) in [5.41, 5.74) is 4.32. The summed E-state index contributed by atoms with van der Waals surface area (Å²) in [5, 5.41) is 3.09. The van der Waals surface area contributed by atoms with Crippen molar-refractivity contribution in [2.24, 2.45) is 0 Å². The summed E-state index contributed by atoms with van der Waals surface area (Å²) in [6, 6.07) is 16.2. The molecule has 0 fully saturated rings. The molecule has 0 saturated heterocycles. The van der Waals surface area contributed by atoms with E-state index in [1.165, 1.54) is 0 Å². The fourth-order valence-corrected chi connectivity index (χ4v) is 1.84. The maximum Gasteiger partial charge on any atom is 0.330 e. The molecule has 0 bridgehead atoms. The van der Waals surface area contributed by atoms with E-state index in [4.69, 9.17) is 4.74 Å². The van der Waals surface area contributed by atoms with Crippen molar-refractivity contribution >= 4 is 11.7 Å². The Morgan fingerprint density at radius 2 is 1.65 bits per heavy atom. The molecule has 2 rings (SSSR count). The van der Waals surface area contributed by atoms with Gasteiger partial charge in [0.15, 0.2) is 0 Å². The van der Waals surface area contributed by atoms with Crippen LogP contribution in [-0.2, 0) is 16.1 Å². The lowest BCUT2D eigenvalue weighted by molar-refractivity contribution is -0.138. The second-order valence-corrected chi connectivity index (χ2v) is 4.34. The van der Waals surface area contributed by atoms with Crippen molar-refractivity contribution < 1.29 is 9.53 Å². The first-order valence-electron chi connectivity index (χ1n) is 6.39. The molecule has 0 aliphatic heterocycles. The highest BCUT2D eigenvalue weighted by Crippen LogP contribution is 2.21. The van der Waals surface area contributed by atoms with Crippen molar-refractivity contribution in [3.63, 3.8) is 0 Å². The van der Waals surface area contributed by atoms with E-state index >= 15 is 0 Å². The zero-order chi connectivity index (χ0) is 14.4. The lowest BCUT2D eigenvalue weighted by Crippen LogP contribution is -1.99. The molecule has 2 aromatic carbocycles. The molecular weight excluding hydrogens is 250 g/mol. The topological polar surface area (TPSA) is 38.3 Å². The highest BCUT2D eigenvalue weighted by Gasteiger charge is 2.00. The van der Waals surface area contributed by atoms with Crippen LogP contribution in [0.3, 0.4) is 0 Å². The third kappa shape index (κ3) is 3.48. The van der Waals surface area contributed by atoms with Crippen LogP contribution in [0.5, 0.6) is 0 Å². The minimum atomic E-state index is -0.406. The molecule has 0 amide bonds. The SMILES string of the molecule is C=CC(=O)OCc1ccc(-c2ccc(NC)cc2)cc1. The molecular formula is C17H17NO2. The number of nitrogens with one attached hydrogen (secondary N) is 1. The van der Waals surface area contributed by atoms with Gasteiger partial charge >= 0.3 is 5.97 Å². The molecule has 20 heavy (non-hydrogen) atoms. The van der Waals surface area contributed by atoms with Gasteiger partial charge in [-0.05, 0) is 28.8 Å². The molecule has 0 aromatic heterocycles. The number of carbonyl (C=O) groups is 1. The Balaban J connectivity index is 2.06. The van der Waals surface area contributed by atoms with Crippen molar-refractivity contribution in [1.29, 1.82) is 0 Å². The highest BCUT2D eigenvalue weighted by atomic mass is 16.5. The van der Waals surface area contributed by atoms with E-state index in [1.54, 1.807) is 0 Å². The first kappa shape index (κ1) is 13.9. The van der Waals surface area contributed by atoms with Crippen LogP contribution in [0.15, 0.2) is 61.2 Å². The Kier molecular flexibility index (Phi) is 4.56. The van der Waals surface area contributed by atoms with Crippen LogP contribution in [0.25, 0.3) is 11.1 Å². The largest absolute Gasteiger partial charge is 0.458 e. The number of carbonyl (C=O) groups excluding carboxylic acids is 1. The van der Waals surface area contributed by atoms with Gasteiger partial charge in [-0.25, -0.2) is 4.79 Å². The van der Waals surface area contributed by atoms with Gasteiger partial charge in [0.05, 0.1) is 0 Å². The summed E-state index contributed by atoms with van der Waals surface area (Å²) in [4.78, 5) is 11.0. The molecule has 0 aliphatic rings. The summed E-state index contributed by atoms with van der Waals surface area (Å²) >= 11 is 0. The number of anilines is 1. The van der Waals surface area contributed by atoms with E-state index in [-0.39, 0.29) is 6.61 Å². The number of esters is 1. The normalized spacial score (nSPS) is 9.85. The van der Waals surface area contributed by atoms with Gasteiger partial charge in [0, 0.05) is 18.8 Å². The second kappa shape index (κ2) is 6.57. The van der Waals surface area contributed by atoms with Gasteiger partial charge in [-0.2, -0.15) is 0 Å². The van der Waals surface area contributed by atoms with Crippen LogP contribution < -0.4 is 5.32 Å². The number of rotatable bonds is 5. The Bertz CT molecular complexity index is 585. The van der Waals surface area contributed by atoms with Crippen LogP contribution in [0.1, 0.15) is 5.56 Å². The van der Waals surface area contributed by atoms with Gasteiger partial charge < -0.3 is 10.1 Å². The van der Waals surface area contributed by atoms with Crippen molar-refractivity contribution in [2.45, 2.75) is 6.61 Å². The number of hydrogen-bond acceptors (Lipinski definition) is 3. The Morgan fingerprint density at radius 3 is 2.15 bits per heavy atom. The van der Waals surface area contributed by atoms with E-state index in [0.717, 1.165) is 28.5 Å². The molecule has 102 valence electrons. The van der Waals surface area contributed by atoms with Crippen LogP contribution in [-0.4, -0.2) is 13.0 Å².